The second kappa shape index (κ2) is 4.99. The molecule has 3 aliphatic rings. The molecular weight excluding hydrogens is 282 g/mol. The zero-order valence-electron chi connectivity index (χ0n) is 12.4. The van der Waals surface area contributed by atoms with Crippen molar-refractivity contribution in [2.24, 2.45) is 5.92 Å². The van der Waals surface area contributed by atoms with Gasteiger partial charge in [-0.2, -0.15) is 5.26 Å². The summed E-state index contributed by atoms with van der Waals surface area (Å²) in [6.45, 7) is 0. The summed E-state index contributed by atoms with van der Waals surface area (Å²) in [6.07, 6.45) is 7.36. The van der Waals surface area contributed by atoms with Crippen LogP contribution < -0.4 is 5.32 Å². The third-order valence-corrected chi connectivity index (χ3v) is 6.03. The fourth-order valence-corrected chi connectivity index (χ4v) is 4.29. The molecule has 1 aromatic heterocycles. The van der Waals surface area contributed by atoms with Gasteiger partial charge in [0.05, 0.1) is 6.07 Å². The summed E-state index contributed by atoms with van der Waals surface area (Å²) < 4.78 is 2.37. The standard InChI is InChI=1S/C15H21N5S/c1-17-15(8-16,11-4-5-11)9-21-14-19-18-13(10-2-3-10)20(14)12-6-7-12/h10-12,17H,2-7,9H2,1H3. The van der Waals surface area contributed by atoms with E-state index in [2.05, 4.69) is 26.2 Å². The molecule has 0 saturated heterocycles. The van der Waals surface area contributed by atoms with Crippen LogP contribution in [0, 0.1) is 17.2 Å². The molecule has 3 saturated carbocycles. The van der Waals surface area contributed by atoms with Crippen LogP contribution in [0.25, 0.3) is 0 Å². The molecule has 0 aliphatic heterocycles. The van der Waals surface area contributed by atoms with Crippen LogP contribution in [0.5, 0.6) is 0 Å². The van der Waals surface area contributed by atoms with Crippen molar-refractivity contribution in [3.8, 4) is 6.07 Å². The summed E-state index contributed by atoms with van der Waals surface area (Å²) in [5.74, 6) is 3.10. The van der Waals surface area contributed by atoms with Gasteiger partial charge in [0, 0.05) is 17.7 Å². The van der Waals surface area contributed by atoms with Crippen LogP contribution in [0.1, 0.15) is 56.3 Å². The molecule has 0 amide bonds. The molecule has 0 radical (unpaired) electrons. The minimum Gasteiger partial charge on any atom is -0.303 e. The fourth-order valence-electron chi connectivity index (χ4n) is 3.01. The molecule has 1 aromatic rings. The predicted molar refractivity (Wildman–Crippen MR) is 81.1 cm³/mol. The first-order chi connectivity index (χ1) is 10.3. The highest BCUT2D eigenvalue weighted by Crippen LogP contribution is 2.47. The van der Waals surface area contributed by atoms with E-state index in [-0.39, 0.29) is 0 Å². The van der Waals surface area contributed by atoms with E-state index >= 15 is 0 Å². The van der Waals surface area contributed by atoms with Crippen molar-refractivity contribution in [2.75, 3.05) is 12.8 Å². The average Bonchev–Trinajstić information content (AvgIpc) is 3.37. The van der Waals surface area contributed by atoms with Gasteiger partial charge in [0.25, 0.3) is 0 Å². The molecule has 5 nitrogen and oxygen atoms in total. The largest absolute Gasteiger partial charge is 0.303 e. The van der Waals surface area contributed by atoms with Gasteiger partial charge in [-0.15, -0.1) is 10.2 Å². The Labute approximate surface area is 129 Å². The maximum absolute atomic E-state index is 9.59. The minimum absolute atomic E-state index is 0.398. The Kier molecular flexibility index (Phi) is 3.23. The van der Waals surface area contributed by atoms with Gasteiger partial charge in [-0.1, -0.05) is 11.8 Å². The lowest BCUT2D eigenvalue weighted by atomic mass is 9.98. The van der Waals surface area contributed by atoms with E-state index in [0.717, 1.165) is 23.8 Å². The molecule has 1 unspecified atom stereocenters. The Morgan fingerprint density at radius 2 is 2.05 bits per heavy atom. The Morgan fingerprint density at radius 3 is 2.57 bits per heavy atom. The van der Waals surface area contributed by atoms with Crippen molar-refractivity contribution in [3.05, 3.63) is 5.82 Å². The summed E-state index contributed by atoms with van der Waals surface area (Å²) in [7, 11) is 1.91. The van der Waals surface area contributed by atoms with Crippen LogP contribution in [0.2, 0.25) is 0 Å². The number of hydrogen-bond acceptors (Lipinski definition) is 5. The summed E-state index contributed by atoms with van der Waals surface area (Å²) in [6, 6.07) is 3.13. The monoisotopic (exact) mass is 303 g/mol. The molecule has 1 atom stereocenters. The molecule has 3 aliphatic carbocycles. The third kappa shape index (κ3) is 2.47. The minimum atomic E-state index is -0.398. The van der Waals surface area contributed by atoms with Gasteiger partial charge in [0.2, 0.25) is 0 Å². The molecule has 6 heteroatoms. The number of nitrogens with one attached hydrogen (secondary N) is 1. The SMILES string of the molecule is CNC(C#N)(CSc1nnc(C2CC2)n1C1CC1)C1CC1. The highest BCUT2D eigenvalue weighted by molar-refractivity contribution is 7.99. The molecule has 1 N–H and O–H groups in total. The second-order valence-electron chi connectivity index (χ2n) is 6.61. The maximum atomic E-state index is 9.59. The van der Waals surface area contributed by atoms with E-state index in [1.807, 2.05) is 7.05 Å². The first-order valence-corrected chi connectivity index (χ1v) is 8.94. The van der Waals surface area contributed by atoms with Crippen molar-refractivity contribution in [1.29, 1.82) is 5.26 Å². The Balaban J connectivity index is 1.53. The van der Waals surface area contributed by atoms with Crippen molar-refractivity contribution in [2.45, 2.75) is 61.2 Å². The summed E-state index contributed by atoms with van der Waals surface area (Å²) in [5, 5.41) is 22.7. The van der Waals surface area contributed by atoms with Crippen molar-refractivity contribution < 1.29 is 0 Å². The number of nitrogens with zero attached hydrogens (tertiary/aromatic N) is 4. The highest BCUT2D eigenvalue weighted by atomic mass is 32.2. The molecule has 0 aromatic carbocycles. The Morgan fingerprint density at radius 1 is 1.29 bits per heavy atom. The van der Waals surface area contributed by atoms with Crippen LogP contribution in [0.4, 0.5) is 0 Å². The lowest BCUT2D eigenvalue weighted by Crippen LogP contribution is -2.46. The van der Waals surface area contributed by atoms with Gasteiger partial charge in [-0.25, -0.2) is 0 Å². The van der Waals surface area contributed by atoms with E-state index < -0.39 is 5.54 Å². The van der Waals surface area contributed by atoms with Crippen LogP contribution >= 0.6 is 11.8 Å². The maximum Gasteiger partial charge on any atom is 0.191 e. The number of rotatable bonds is 7. The summed E-state index contributed by atoms with van der Waals surface area (Å²) in [5.41, 5.74) is -0.398. The van der Waals surface area contributed by atoms with Gasteiger partial charge in [0.1, 0.15) is 11.4 Å². The van der Waals surface area contributed by atoms with Crippen molar-refractivity contribution >= 4 is 11.8 Å². The summed E-state index contributed by atoms with van der Waals surface area (Å²) >= 11 is 1.71. The van der Waals surface area contributed by atoms with Crippen LogP contribution in [-0.2, 0) is 0 Å². The normalized spacial score (nSPS) is 24.6. The second-order valence-corrected chi connectivity index (χ2v) is 7.55. The number of nitriles is 1. The van der Waals surface area contributed by atoms with E-state index in [1.54, 1.807) is 11.8 Å². The first-order valence-electron chi connectivity index (χ1n) is 7.95. The smallest absolute Gasteiger partial charge is 0.191 e. The number of aromatic nitrogens is 3. The van der Waals surface area contributed by atoms with E-state index in [1.165, 1.54) is 31.5 Å². The number of thioether (sulfide) groups is 1. The van der Waals surface area contributed by atoms with E-state index in [4.69, 9.17) is 0 Å². The van der Waals surface area contributed by atoms with Crippen LogP contribution in [0.15, 0.2) is 5.16 Å². The third-order valence-electron chi connectivity index (χ3n) is 4.89. The zero-order valence-corrected chi connectivity index (χ0v) is 13.2. The Bertz CT molecular complexity index is 579. The highest BCUT2D eigenvalue weighted by Gasteiger charge is 2.45. The number of hydrogen-bond donors (Lipinski definition) is 1. The molecule has 0 spiro atoms. The summed E-state index contributed by atoms with van der Waals surface area (Å²) in [4.78, 5) is 0. The predicted octanol–water partition coefficient (Wildman–Crippen LogP) is 2.47. The Hall–Kier alpha value is -1.06. The molecule has 3 fully saturated rings. The molecule has 0 bridgehead atoms. The van der Waals surface area contributed by atoms with Crippen molar-refractivity contribution in [3.63, 3.8) is 0 Å². The van der Waals surface area contributed by atoms with E-state index in [0.29, 0.717) is 17.9 Å². The fraction of sp³-hybridized carbons (Fsp3) is 0.800. The van der Waals surface area contributed by atoms with E-state index in [9.17, 15) is 5.26 Å². The van der Waals surface area contributed by atoms with Gasteiger partial charge >= 0.3 is 0 Å². The molecule has 21 heavy (non-hydrogen) atoms. The topological polar surface area (TPSA) is 66.5 Å². The van der Waals surface area contributed by atoms with Crippen molar-refractivity contribution in [1.82, 2.24) is 20.1 Å². The quantitative estimate of drug-likeness (QED) is 0.784. The molecular formula is C15H21N5S. The average molecular weight is 303 g/mol. The lowest BCUT2D eigenvalue weighted by Gasteiger charge is -2.25. The van der Waals surface area contributed by atoms with Crippen LogP contribution in [-0.4, -0.2) is 33.1 Å². The molecule has 112 valence electrons. The zero-order chi connectivity index (χ0) is 14.4. The van der Waals surface area contributed by atoms with Crippen LogP contribution in [0.3, 0.4) is 0 Å². The first kappa shape index (κ1) is 13.6. The van der Waals surface area contributed by atoms with Gasteiger partial charge in [-0.3, -0.25) is 0 Å². The van der Waals surface area contributed by atoms with Gasteiger partial charge in [-0.05, 0) is 51.5 Å². The van der Waals surface area contributed by atoms with Gasteiger partial charge < -0.3 is 9.88 Å². The van der Waals surface area contributed by atoms with Gasteiger partial charge in [0.15, 0.2) is 5.16 Å². The molecule has 1 heterocycles. The molecule has 4 rings (SSSR count). The lowest BCUT2D eigenvalue weighted by molar-refractivity contribution is 0.440.